The molecule has 1 aliphatic rings. The van der Waals surface area contributed by atoms with Gasteiger partial charge in [0.05, 0.1) is 12.5 Å². The zero-order valence-electron chi connectivity index (χ0n) is 9.24. The minimum atomic E-state index is -0.223. The van der Waals surface area contributed by atoms with Gasteiger partial charge in [0.1, 0.15) is 6.29 Å². The Morgan fingerprint density at radius 2 is 2.07 bits per heavy atom. The number of carbonyl (C=O) groups is 2. The molecule has 0 bridgehead atoms. The lowest BCUT2D eigenvalue weighted by molar-refractivity contribution is -0.147. The normalized spacial score (nSPS) is 28.6. The van der Waals surface area contributed by atoms with Gasteiger partial charge in [0, 0.05) is 5.92 Å². The second-order valence-corrected chi connectivity index (χ2v) is 4.98. The average molecular weight is 198 g/mol. The second kappa shape index (κ2) is 3.71. The molecular formula is C11H18O3. The van der Waals surface area contributed by atoms with Crippen LogP contribution in [0.2, 0.25) is 0 Å². The zero-order chi connectivity index (χ0) is 10.9. The zero-order valence-corrected chi connectivity index (χ0v) is 9.24. The van der Waals surface area contributed by atoms with E-state index in [0.29, 0.717) is 12.5 Å². The first-order valence-electron chi connectivity index (χ1n) is 5.03. The first kappa shape index (κ1) is 11.2. The van der Waals surface area contributed by atoms with Crippen LogP contribution in [0.15, 0.2) is 0 Å². The van der Waals surface area contributed by atoms with Gasteiger partial charge in [0.15, 0.2) is 0 Å². The van der Waals surface area contributed by atoms with Crippen molar-refractivity contribution in [3.63, 3.8) is 0 Å². The van der Waals surface area contributed by atoms with E-state index in [4.69, 9.17) is 4.74 Å². The van der Waals surface area contributed by atoms with Crippen LogP contribution in [0, 0.1) is 23.2 Å². The topological polar surface area (TPSA) is 43.4 Å². The minimum absolute atomic E-state index is 0.151. The number of rotatable bonds is 4. The fourth-order valence-corrected chi connectivity index (χ4v) is 1.72. The third-order valence-electron chi connectivity index (χ3n) is 2.87. The lowest BCUT2D eigenvalue weighted by Gasteiger charge is -2.07. The standard InChI is InChI=1S/C11H18O3/c1-7(2)6-14-10(13)9-8(5-12)11(9,3)4/h5,7-9H,6H2,1-4H3/t8-,9+/m0/s1. The quantitative estimate of drug-likeness (QED) is 0.509. The highest BCUT2D eigenvalue weighted by atomic mass is 16.5. The van der Waals surface area contributed by atoms with Gasteiger partial charge in [-0.25, -0.2) is 0 Å². The molecule has 1 saturated carbocycles. The van der Waals surface area contributed by atoms with Crippen LogP contribution in [0.5, 0.6) is 0 Å². The van der Waals surface area contributed by atoms with E-state index in [1.807, 2.05) is 27.7 Å². The van der Waals surface area contributed by atoms with Gasteiger partial charge in [-0.15, -0.1) is 0 Å². The molecule has 0 N–H and O–H groups in total. The van der Waals surface area contributed by atoms with Crippen LogP contribution in [0.1, 0.15) is 27.7 Å². The molecule has 1 rings (SSSR count). The molecule has 0 aliphatic heterocycles. The van der Waals surface area contributed by atoms with Crippen molar-refractivity contribution in [1.82, 2.24) is 0 Å². The SMILES string of the molecule is CC(C)COC(=O)[C@H]1[C@H](C=O)C1(C)C. The molecule has 0 aromatic carbocycles. The lowest BCUT2D eigenvalue weighted by Crippen LogP contribution is -2.14. The Morgan fingerprint density at radius 1 is 1.50 bits per heavy atom. The van der Waals surface area contributed by atoms with E-state index in [9.17, 15) is 9.59 Å². The average Bonchev–Trinajstić information content (AvgIpc) is 2.63. The van der Waals surface area contributed by atoms with Gasteiger partial charge < -0.3 is 9.53 Å². The van der Waals surface area contributed by atoms with Crippen LogP contribution < -0.4 is 0 Å². The Bertz CT molecular complexity index is 243. The molecule has 14 heavy (non-hydrogen) atoms. The van der Waals surface area contributed by atoms with E-state index in [-0.39, 0.29) is 23.2 Å². The number of esters is 1. The van der Waals surface area contributed by atoms with Crippen molar-refractivity contribution in [2.45, 2.75) is 27.7 Å². The van der Waals surface area contributed by atoms with Crippen molar-refractivity contribution in [1.29, 1.82) is 0 Å². The van der Waals surface area contributed by atoms with E-state index < -0.39 is 0 Å². The third kappa shape index (κ3) is 1.97. The summed E-state index contributed by atoms with van der Waals surface area (Å²) in [5, 5.41) is 0. The first-order valence-corrected chi connectivity index (χ1v) is 5.03. The summed E-state index contributed by atoms with van der Waals surface area (Å²) in [6.45, 7) is 8.27. The molecule has 0 heterocycles. The molecule has 0 radical (unpaired) electrons. The summed E-state index contributed by atoms with van der Waals surface area (Å²) in [6.07, 6.45) is 0.862. The highest BCUT2D eigenvalue weighted by molar-refractivity contribution is 5.84. The fourth-order valence-electron chi connectivity index (χ4n) is 1.72. The van der Waals surface area contributed by atoms with Crippen LogP contribution in [0.3, 0.4) is 0 Å². The molecular weight excluding hydrogens is 180 g/mol. The van der Waals surface area contributed by atoms with E-state index >= 15 is 0 Å². The number of aldehydes is 1. The number of hydrogen-bond acceptors (Lipinski definition) is 3. The Morgan fingerprint density at radius 3 is 2.43 bits per heavy atom. The summed E-state index contributed by atoms with van der Waals surface area (Å²) in [6, 6.07) is 0. The molecule has 0 unspecified atom stereocenters. The smallest absolute Gasteiger partial charge is 0.310 e. The summed E-state index contributed by atoms with van der Waals surface area (Å²) in [7, 11) is 0. The summed E-state index contributed by atoms with van der Waals surface area (Å²) in [5.74, 6) is -0.253. The highest BCUT2D eigenvalue weighted by Crippen LogP contribution is 2.57. The van der Waals surface area contributed by atoms with Gasteiger partial charge in [-0.3, -0.25) is 4.79 Å². The second-order valence-electron chi connectivity index (χ2n) is 4.98. The number of hydrogen-bond donors (Lipinski definition) is 0. The van der Waals surface area contributed by atoms with E-state index in [1.54, 1.807) is 0 Å². The molecule has 1 fully saturated rings. The van der Waals surface area contributed by atoms with Gasteiger partial charge in [0.25, 0.3) is 0 Å². The van der Waals surface area contributed by atoms with Crippen LogP contribution >= 0.6 is 0 Å². The predicted octanol–water partition coefficient (Wildman–Crippen LogP) is 1.66. The van der Waals surface area contributed by atoms with Gasteiger partial charge >= 0.3 is 5.97 Å². The van der Waals surface area contributed by atoms with Crippen molar-refractivity contribution in [2.24, 2.45) is 23.2 Å². The van der Waals surface area contributed by atoms with Gasteiger partial charge in [-0.2, -0.15) is 0 Å². The van der Waals surface area contributed by atoms with E-state index in [0.717, 1.165) is 6.29 Å². The van der Waals surface area contributed by atoms with Gasteiger partial charge in [-0.1, -0.05) is 27.7 Å². The van der Waals surface area contributed by atoms with Crippen LogP contribution in [-0.2, 0) is 14.3 Å². The first-order chi connectivity index (χ1) is 6.41. The summed E-state index contributed by atoms with van der Waals surface area (Å²) in [4.78, 5) is 22.1. The van der Waals surface area contributed by atoms with Crippen molar-refractivity contribution in [2.75, 3.05) is 6.61 Å². The fraction of sp³-hybridized carbons (Fsp3) is 0.818. The molecule has 0 amide bonds. The maximum absolute atomic E-state index is 11.5. The number of ether oxygens (including phenoxy) is 1. The molecule has 0 spiro atoms. The molecule has 80 valence electrons. The molecule has 0 aromatic rings. The minimum Gasteiger partial charge on any atom is -0.465 e. The van der Waals surface area contributed by atoms with Gasteiger partial charge in [-0.05, 0) is 11.3 Å². The Hall–Kier alpha value is -0.860. The molecule has 1 aliphatic carbocycles. The predicted molar refractivity (Wildman–Crippen MR) is 52.6 cm³/mol. The van der Waals surface area contributed by atoms with Crippen LogP contribution in [0.25, 0.3) is 0 Å². The molecule has 0 aromatic heterocycles. The molecule has 2 atom stereocenters. The molecule has 3 heteroatoms. The maximum Gasteiger partial charge on any atom is 0.310 e. The van der Waals surface area contributed by atoms with Crippen molar-refractivity contribution in [3.8, 4) is 0 Å². The highest BCUT2D eigenvalue weighted by Gasteiger charge is 2.62. The van der Waals surface area contributed by atoms with E-state index in [2.05, 4.69) is 0 Å². The third-order valence-corrected chi connectivity index (χ3v) is 2.87. The Labute approximate surface area is 84.8 Å². The van der Waals surface area contributed by atoms with Crippen LogP contribution in [-0.4, -0.2) is 18.9 Å². The lowest BCUT2D eigenvalue weighted by atomic mass is 10.1. The Balaban J connectivity index is 2.44. The van der Waals surface area contributed by atoms with Crippen molar-refractivity contribution < 1.29 is 14.3 Å². The molecule has 3 nitrogen and oxygen atoms in total. The van der Waals surface area contributed by atoms with Crippen LogP contribution in [0.4, 0.5) is 0 Å². The maximum atomic E-state index is 11.5. The summed E-state index contributed by atoms with van der Waals surface area (Å²) >= 11 is 0. The number of carbonyl (C=O) groups excluding carboxylic acids is 2. The summed E-state index contributed by atoms with van der Waals surface area (Å²) in [5.41, 5.74) is -0.199. The largest absolute Gasteiger partial charge is 0.465 e. The Kier molecular flexibility index (Phi) is 2.98. The van der Waals surface area contributed by atoms with Gasteiger partial charge in [0.2, 0.25) is 0 Å². The van der Waals surface area contributed by atoms with Crippen molar-refractivity contribution >= 4 is 12.3 Å². The molecule has 0 saturated heterocycles. The van der Waals surface area contributed by atoms with Crippen molar-refractivity contribution in [3.05, 3.63) is 0 Å². The monoisotopic (exact) mass is 198 g/mol. The summed E-state index contributed by atoms with van der Waals surface area (Å²) < 4.78 is 5.10. The van der Waals surface area contributed by atoms with E-state index in [1.165, 1.54) is 0 Å².